The summed E-state index contributed by atoms with van der Waals surface area (Å²) in [5.74, 6) is -1.49. The number of aliphatic carboxylic acids is 1. The second kappa shape index (κ2) is 8.36. The van der Waals surface area contributed by atoms with Crippen molar-refractivity contribution < 1.29 is 23.4 Å². The molecule has 2 heterocycles. The van der Waals surface area contributed by atoms with E-state index in [9.17, 15) is 14.3 Å². The first-order chi connectivity index (χ1) is 16.7. The highest BCUT2D eigenvalue weighted by Gasteiger charge is 2.40. The van der Waals surface area contributed by atoms with Gasteiger partial charge in [0.05, 0.1) is 24.2 Å². The molecular formula is C27H29F2N3O3. The fourth-order valence-electron chi connectivity index (χ4n) is 5.65. The summed E-state index contributed by atoms with van der Waals surface area (Å²) in [6.45, 7) is 5.91. The number of benzene rings is 2. The minimum atomic E-state index is -0.786. The maximum absolute atomic E-state index is 16.1. The van der Waals surface area contributed by atoms with E-state index in [-0.39, 0.29) is 23.4 Å². The summed E-state index contributed by atoms with van der Waals surface area (Å²) in [7, 11) is 1.42. The van der Waals surface area contributed by atoms with Crippen LogP contribution in [0.4, 0.5) is 8.78 Å². The number of nitrogens with zero attached hydrogens (tertiary/aromatic N) is 2. The molecule has 0 radical (unpaired) electrons. The number of carboxylic acids is 1. The molecule has 1 saturated carbocycles. The van der Waals surface area contributed by atoms with Gasteiger partial charge in [-0.15, -0.1) is 0 Å². The Morgan fingerprint density at radius 1 is 1.26 bits per heavy atom. The van der Waals surface area contributed by atoms with Gasteiger partial charge in [0.15, 0.2) is 17.4 Å². The van der Waals surface area contributed by atoms with Crippen molar-refractivity contribution in [2.75, 3.05) is 7.11 Å². The molecule has 0 unspecified atom stereocenters. The number of carbonyl (C=O) groups is 1. The highest BCUT2D eigenvalue weighted by molar-refractivity contribution is 6.00. The number of nitrogens with one attached hydrogen (secondary N) is 1. The van der Waals surface area contributed by atoms with Crippen molar-refractivity contribution in [3.05, 3.63) is 53.4 Å². The molecule has 1 aliphatic carbocycles. The highest BCUT2D eigenvalue weighted by atomic mass is 19.1. The fraction of sp³-hybridized carbons (Fsp3) is 0.407. The van der Waals surface area contributed by atoms with E-state index in [0.29, 0.717) is 53.2 Å². The van der Waals surface area contributed by atoms with Gasteiger partial charge in [-0.3, -0.25) is 9.89 Å². The summed E-state index contributed by atoms with van der Waals surface area (Å²) in [6, 6.07) is 6.57. The number of hydrogen-bond acceptors (Lipinski definition) is 3. The number of hydrogen-bond donors (Lipinski definition) is 2. The number of aromatic amines is 1. The maximum atomic E-state index is 16.1. The normalized spacial score (nSPS) is 20.7. The molecule has 0 amide bonds. The van der Waals surface area contributed by atoms with Crippen LogP contribution >= 0.6 is 0 Å². The number of halogens is 2. The second-order valence-electron chi connectivity index (χ2n) is 10.2. The Labute approximate surface area is 201 Å². The molecule has 0 aliphatic heterocycles. The van der Waals surface area contributed by atoms with Crippen LogP contribution in [-0.4, -0.2) is 33.0 Å². The zero-order chi connectivity index (χ0) is 25.1. The van der Waals surface area contributed by atoms with Gasteiger partial charge in [0.25, 0.3) is 0 Å². The minimum absolute atomic E-state index is 0.000732. The van der Waals surface area contributed by atoms with Crippen molar-refractivity contribution >= 4 is 27.8 Å². The van der Waals surface area contributed by atoms with Crippen molar-refractivity contribution in [3.8, 4) is 11.4 Å². The summed E-state index contributed by atoms with van der Waals surface area (Å²) in [5, 5.41) is 17.7. The van der Waals surface area contributed by atoms with E-state index < -0.39 is 17.2 Å². The smallest absolute Gasteiger partial charge is 0.309 e. The van der Waals surface area contributed by atoms with E-state index in [1.165, 1.54) is 13.2 Å². The zero-order valence-corrected chi connectivity index (χ0v) is 20.3. The Bertz CT molecular complexity index is 1450. The fourth-order valence-corrected chi connectivity index (χ4v) is 5.65. The number of methoxy groups -OCH3 is 1. The topological polar surface area (TPSA) is 80.1 Å². The van der Waals surface area contributed by atoms with Gasteiger partial charge in [0, 0.05) is 28.2 Å². The third-order valence-corrected chi connectivity index (χ3v) is 7.64. The Morgan fingerprint density at radius 2 is 1.97 bits per heavy atom. The van der Waals surface area contributed by atoms with Gasteiger partial charge in [-0.25, -0.2) is 8.78 Å². The SMILES string of the molecule is COc1cc(-n2c(C(C)C)c(C3CCC(C)(C(=O)O)CC3)c3c(F)c4[nH]ncc4cc32)ccc1F. The minimum Gasteiger partial charge on any atom is -0.494 e. The number of rotatable bonds is 5. The van der Waals surface area contributed by atoms with E-state index in [2.05, 4.69) is 24.0 Å². The van der Waals surface area contributed by atoms with Gasteiger partial charge in [0.2, 0.25) is 0 Å². The molecule has 0 atom stereocenters. The van der Waals surface area contributed by atoms with Crippen molar-refractivity contribution in [1.29, 1.82) is 0 Å². The molecule has 0 bridgehead atoms. The average Bonchev–Trinajstić information content (AvgIpc) is 3.43. The summed E-state index contributed by atoms with van der Waals surface area (Å²) >= 11 is 0. The molecule has 2 aromatic carbocycles. The second-order valence-corrected chi connectivity index (χ2v) is 10.2. The lowest BCUT2D eigenvalue weighted by atomic mass is 9.69. The first-order valence-electron chi connectivity index (χ1n) is 11.9. The van der Waals surface area contributed by atoms with Crippen LogP contribution in [0.3, 0.4) is 0 Å². The van der Waals surface area contributed by atoms with Gasteiger partial charge in [-0.2, -0.15) is 5.10 Å². The van der Waals surface area contributed by atoms with Gasteiger partial charge in [-0.05, 0) is 68.2 Å². The van der Waals surface area contributed by atoms with Crippen molar-refractivity contribution in [3.63, 3.8) is 0 Å². The molecule has 8 heteroatoms. The zero-order valence-electron chi connectivity index (χ0n) is 20.3. The Hall–Kier alpha value is -3.42. The van der Waals surface area contributed by atoms with Crippen molar-refractivity contribution in [2.24, 2.45) is 5.41 Å². The van der Waals surface area contributed by atoms with E-state index in [1.54, 1.807) is 25.3 Å². The summed E-state index contributed by atoms with van der Waals surface area (Å²) in [6.07, 6.45) is 3.93. The summed E-state index contributed by atoms with van der Waals surface area (Å²) in [5.41, 5.74) is 2.77. The van der Waals surface area contributed by atoms with Gasteiger partial charge >= 0.3 is 5.97 Å². The van der Waals surface area contributed by atoms with Crippen molar-refractivity contribution in [1.82, 2.24) is 14.8 Å². The monoisotopic (exact) mass is 481 g/mol. The lowest BCUT2D eigenvalue weighted by Crippen LogP contribution is -2.32. The molecule has 5 rings (SSSR count). The molecule has 0 saturated heterocycles. The van der Waals surface area contributed by atoms with Gasteiger partial charge in [-0.1, -0.05) is 13.8 Å². The first kappa shape index (κ1) is 23.3. The molecule has 184 valence electrons. The Morgan fingerprint density at radius 3 is 2.60 bits per heavy atom. The summed E-state index contributed by atoms with van der Waals surface area (Å²) < 4.78 is 37.6. The molecule has 35 heavy (non-hydrogen) atoms. The lowest BCUT2D eigenvalue weighted by molar-refractivity contribution is -0.149. The van der Waals surface area contributed by atoms with Crippen LogP contribution in [0.25, 0.3) is 27.5 Å². The third-order valence-electron chi connectivity index (χ3n) is 7.64. The van der Waals surface area contributed by atoms with Crippen LogP contribution in [0.15, 0.2) is 30.5 Å². The summed E-state index contributed by atoms with van der Waals surface area (Å²) in [4.78, 5) is 11.8. The third kappa shape index (κ3) is 3.58. The quantitative estimate of drug-likeness (QED) is 0.334. The molecular weight excluding hydrogens is 452 g/mol. The van der Waals surface area contributed by atoms with Crippen LogP contribution in [-0.2, 0) is 4.79 Å². The van der Waals surface area contributed by atoms with E-state index >= 15 is 4.39 Å². The number of ether oxygens (including phenoxy) is 1. The molecule has 2 aromatic heterocycles. The predicted molar refractivity (Wildman–Crippen MR) is 130 cm³/mol. The number of H-pyrrole nitrogens is 1. The molecule has 4 aromatic rings. The Balaban J connectivity index is 1.81. The van der Waals surface area contributed by atoms with E-state index in [0.717, 1.165) is 11.3 Å². The predicted octanol–water partition coefficient (Wildman–Crippen LogP) is 6.67. The number of aromatic nitrogens is 3. The number of fused-ring (bicyclic) bond motifs is 2. The van der Waals surface area contributed by atoms with Gasteiger partial charge < -0.3 is 14.4 Å². The standard InChI is InChI=1S/C27H29F2N3O3/c1-14(2)25-21(15-7-9-27(3,10-8-15)26(33)34)22-19(11-16-13-30-31-24(16)23(22)29)32(25)17-5-6-18(28)20(12-17)35-4/h5-6,11-15H,7-10H2,1-4H3,(H,30,31)(H,33,34). The van der Waals surface area contributed by atoms with Gasteiger partial charge in [0.1, 0.15) is 5.52 Å². The molecule has 6 nitrogen and oxygen atoms in total. The van der Waals surface area contributed by atoms with Crippen LogP contribution in [0.5, 0.6) is 5.75 Å². The largest absolute Gasteiger partial charge is 0.494 e. The van der Waals surface area contributed by atoms with Crippen LogP contribution in [0.1, 0.15) is 69.5 Å². The van der Waals surface area contributed by atoms with E-state index in [1.807, 2.05) is 10.6 Å². The molecule has 0 spiro atoms. The highest BCUT2D eigenvalue weighted by Crippen LogP contribution is 2.49. The lowest BCUT2D eigenvalue weighted by Gasteiger charge is -2.34. The molecule has 2 N–H and O–H groups in total. The van der Waals surface area contributed by atoms with Crippen LogP contribution < -0.4 is 4.74 Å². The van der Waals surface area contributed by atoms with E-state index in [4.69, 9.17) is 4.74 Å². The Kier molecular flexibility index (Phi) is 5.57. The molecule has 1 fully saturated rings. The average molecular weight is 482 g/mol. The number of carboxylic acid groups (broad SMARTS) is 1. The van der Waals surface area contributed by atoms with Crippen molar-refractivity contribution in [2.45, 2.75) is 58.3 Å². The molecule has 1 aliphatic rings. The van der Waals surface area contributed by atoms with Crippen LogP contribution in [0, 0.1) is 17.0 Å². The first-order valence-corrected chi connectivity index (χ1v) is 11.9. The maximum Gasteiger partial charge on any atom is 0.309 e. The van der Waals surface area contributed by atoms with Crippen LogP contribution in [0.2, 0.25) is 0 Å².